The summed E-state index contributed by atoms with van der Waals surface area (Å²) in [4.78, 5) is 4.68. The lowest BCUT2D eigenvalue weighted by Gasteiger charge is -1.86. The first-order valence-corrected chi connectivity index (χ1v) is 6.57. The number of halogens is 1. The van der Waals surface area contributed by atoms with Crippen LogP contribution in [0.15, 0.2) is 10.5 Å². The van der Waals surface area contributed by atoms with Crippen molar-refractivity contribution >= 4 is 37.1 Å². The smallest absolute Gasteiger partial charge is 0.209 e. The van der Waals surface area contributed by atoms with E-state index in [9.17, 15) is 8.42 Å². The van der Waals surface area contributed by atoms with E-state index in [2.05, 4.69) is 20.9 Å². The Labute approximate surface area is 77.5 Å². The predicted molar refractivity (Wildman–Crippen MR) is 47.9 cm³/mol. The molecule has 0 amide bonds. The number of rotatable bonds is 2. The van der Waals surface area contributed by atoms with Crippen LogP contribution in [-0.2, 0) is 15.2 Å². The zero-order valence-electron chi connectivity index (χ0n) is 5.74. The van der Waals surface area contributed by atoms with Crippen LogP contribution in [-0.4, -0.2) is 19.7 Å². The molecule has 0 N–H and O–H groups in total. The summed E-state index contributed by atoms with van der Waals surface area (Å²) in [6.07, 6.45) is 2.72. The lowest BCUT2D eigenvalue weighted by molar-refractivity contribution is 0.601. The van der Waals surface area contributed by atoms with Gasteiger partial charge in [-0.3, -0.25) is 0 Å². The average molecular weight is 256 g/mol. The number of hydrogen-bond donors (Lipinski definition) is 0. The Kier molecular flexibility index (Phi) is 2.66. The topological polar surface area (TPSA) is 47.0 Å². The van der Waals surface area contributed by atoms with Gasteiger partial charge in [0.2, 0.25) is 14.2 Å². The molecule has 0 aliphatic heterocycles. The van der Waals surface area contributed by atoms with Crippen LogP contribution >= 0.6 is 27.3 Å². The molecule has 62 valence electrons. The second-order valence-corrected chi connectivity index (χ2v) is 5.86. The van der Waals surface area contributed by atoms with Crippen molar-refractivity contribution in [3.63, 3.8) is 0 Å². The normalized spacial score (nSPS) is 11.8. The second-order valence-electron chi connectivity index (χ2n) is 2.00. The number of hydrogen-bond acceptors (Lipinski definition) is 4. The summed E-state index contributed by atoms with van der Waals surface area (Å²) in [6, 6.07) is 0. The van der Waals surface area contributed by atoms with E-state index in [1.54, 1.807) is 6.20 Å². The van der Waals surface area contributed by atoms with Crippen molar-refractivity contribution in [1.82, 2.24) is 4.98 Å². The number of nitrogens with zero attached hydrogens (tertiary/aromatic N) is 1. The molecule has 1 aromatic heterocycles. The van der Waals surface area contributed by atoms with E-state index in [-0.39, 0.29) is 4.34 Å². The number of thiazole rings is 1. The van der Waals surface area contributed by atoms with E-state index in [1.165, 1.54) is 11.3 Å². The summed E-state index contributed by atoms with van der Waals surface area (Å²) in [5.74, 6) is 0. The molecule has 0 fully saturated rings. The van der Waals surface area contributed by atoms with Crippen LogP contribution in [0.2, 0.25) is 0 Å². The highest BCUT2D eigenvalue weighted by atomic mass is 79.9. The monoisotopic (exact) mass is 255 g/mol. The summed E-state index contributed by atoms with van der Waals surface area (Å²) in [5.41, 5.74) is 0. The standard InChI is InChI=1S/C5H6BrNO2S2/c1-11(8,9)5-7-3-4(2-6)10-5/h3H,2H2,1H3. The summed E-state index contributed by atoms with van der Waals surface area (Å²) >= 11 is 4.41. The molecular weight excluding hydrogens is 250 g/mol. The van der Waals surface area contributed by atoms with E-state index in [4.69, 9.17) is 0 Å². The average Bonchev–Trinajstić information content (AvgIpc) is 2.32. The highest BCUT2D eigenvalue weighted by molar-refractivity contribution is 9.08. The summed E-state index contributed by atoms with van der Waals surface area (Å²) in [7, 11) is -3.11. The lowest BCUT2D eigenvalue weighted by atomic mass is 10.7. The van der Waals surface area contributed by atoms with Gasteiger partial charge in [-0.25, -0.2) is 13.4 Å². The van der Waals surface area contributed by atoms with Crippen LogP contribution in [0.5, 0.6) is 0 Å². The Bertz CT molecular complexity index is 343. The fourth-order valence-electron chi connectivity index (χ4n) is 0.523. The van der Waals surface area contributed by atoms with Gasteiger partial charge >= 0.3 is 0 Å². The minimum Gasteiger partial charge on any atom is -0.233 e. The zero-order valence-corrected chi connectivity index (χ0v) is 8.96. The van der Waals surface area contributed by atoms with Crippen molar-refractivity contribution in [3.05, 3.63) is 11.1 Å². The number of sulfone groups is 1. The van der Waals surface area contributed by atoms with Gasteiger partial charge in [-0.1, -0.05) is 15.9 Å². The van der Waals surface area contributed by atoms with Crippen LogP contribution in [0.3, 0.4) is 0 Å². The maximum Gasteiger partial charge on any atom is 0.209 e. The van der Waals surface area contributed by atoms with E-state index in [0.29, 0.717) is 5.33 Å². The Morgan fingerprint density at radius 2 is 2.36 bits per heavy atom. The maximum absolute atomic E-state index is 10.9. The van der Waals surface area contributed by atoms with Gasteiger partial charge in [0, 0.05) is 22.7 Å². The molecule has 0 saturated heterocycles. The highest BCUT2D eigenvalue weighted by Gasteiger charge is 2.11. The SMILES string of the molecule is CS(=O)(=O)c1ncc(CBr)s1. The molecule has 0 spiro atoms. The van der Waals surface area contributed by atoms with Crippen molar-refractivity contribution in [2.75, 3.05) is 6.26 Å². The molecule has 0 atom stereocenters. The Morgan fingerprint density at radius 1 is 1.73 bits per heavy atom. The molecule has 1 heterocycles. The quantitative estimate of drug-likeness (QED) is 0.752. The van der Waals surface area contributed by atoms with Crippen LogP contribution < -0.4 is 0 Å². The van der Waals surface area contributed by atoms with Gasteiger partial charge in [-0.05, 0) is 0 Å². The maximum atomic E-state index is 10.9. The van der Waals surface area contributed by atoms with Crippen molar-refractivity contribution < 1.29 is 8.42 Å². The van der Waals surface area contributed by atoms with Crippen molar-refractivity contribution in [2.24, 2.45) is 0 Å². The summed E-state index contributed by atoms with van der Waals surface area (Å²) < 4.78 is 22.0. The van der Waals surface area contributed by atoms with Crippen LogP contribution in [0.25, 0.3) is 0 Å². The third kappa shape index (κ3) is 2.25. The minimum absolute atomic E-state index is 0.187. The predicted octanol–water partition coefficient (Wildman–Crippen LogP) is 1.44. The molecule has 11 heavy (non-hydrogen) atoms. The Balaban J connectivity index is 3.09. The molecule has 6 heteroatoms. The molecular formula is C5H6BrNO2S2. The first kappa shape index (κ1) is 9.15. The van der Waals surface area contributed by atoms with Crippen molar-refractivity contribution in [3.8, 4) is 0 Å². The van der Waals surface area contributed by atoms with Crippen LogP contribution in [0, 0.1) is 0 Å². The minimum atomic E-state index is -3.11. The van der Waals surface area contributed by atoms with E-state index < -0.39 is 9.84 Å². The highest BCUT2D eigenvalue weighted by Crippen LogP contribution is 2.19. The number of aromatic nitrogens is 1. The van der Waals surface area contributed by atoms with E-state index in [1.807, 2.05) is 0 Å². The van der Waals surface area contributed by atoms with Crippen molar-refractivity contribution in [1.29, 1.82) is 0 Å². The molecule has 0 aromatic carbocycles. The first-order chi connectivity index (χ1) is 5.04. The molecule has 0 bridgehead atoms. The van der Waals surface area contributed by atoms with Gasteiger partial charge in [-0.15, -0.1) is 11.3 Å². The zero-order chi connectivity index (χ0) is 8.48. The second kappa shape index (κ2) is 3.20. The van der Waals surface area contributed by atoms with Gasteiger partial charge < -0.3 is 0 Å². The first-order valence-electron chi connectivity index (χ1n) is 2.75. The largest absolute Gasteiger partial charge is 0.233 e. The Morgan fingerprint density at radius 3 is 2.64 bits per heavy atom. The van der Waals surface area contributed by atoms with Crippen LogP contribution in [0.4, 0.5) is 0 Å². The molecule has 0 aliphatic rings. The molecule has 1 aromatic rings. The molecule has 3 nitrogen and oxygen atoms in total. The molecule has 1 rings (SSSR count). The fourth-order valence-corrected chi connectivity index (χ4v) is 2.67. The summed E-state index contributed by atoms with van der Waals surface area (Å²) in [5, 5.41) is 0.653. The van der Waals surface area contributed by atoms with Crippen LogP contribution in [0.1, 0.15) is 4.88 Å². The van der Waals surface area contributed by atoms with Gasteiger partial charge in [0.05, 0.1) is 0 Å². The molecule has 0 aliphatic carbocycles. The number of alkyl halides is 1. The third-order valence-electron chi connectivity index (χ3n) is 0.981. The van der Waals surface area contributed by atoms with E-state index in [0.717, 1.165) is 11.1 Å². The molecule has 0 saturated carbocycles. The van der Waals surface area contributed by atoms with Gasteiger partial charge in [0.15, 0.2) is 0 Å². The lowest BCUT2D eigenvalue weighted by Crippen LogP contribution is -1.94. The van der Waals surface area contributed by atoms with Crippen molar-refractivity contribution in [2.45, 2.75) is 9.67 Å². The summed E-state index contributed by atoms with van der Waals surface area (Å²) in [6.45, 7) is 0. The van der Waals surface area contributed by atoms with Gasteiger partial charge in [0.1, 0.15) is 0 Å². The van der Waals surface area contributed by atoms with E-state index >= 15 is 0 Å². The fraction of sp³-hybridized carbons (Fsp3) is 0.400. The third-order valence-corrected chi connectivity index (χ3v) is 4.65. The van der Waals surface area contributed by atoms with Gasteiger partial charge in [-0.2, -0.15) is 0 Å². The molecule has 0 unspecified atom stereocenters. The molecule has 0 radical (unpaired) electrons. The Hall–Kier alpha value is 0.0600. The van der Waals surface area contributed by atoms with Gasteiger partial charge in [0.25, 0.3) is 0 Å².